The van der Waals surface area contributed by atoms with Gasteiger partial charge in [0.15, 0.2) is 11.0 Å². The van der Waals surface area contributed by atoms with Crippen LogP contribution in [0, 0.1) is 16.0 Å². The lowest BCUT2D eigenvalue weighted by Crippen LogP contribution is -2.37. The maximum Gasteiger partial charge on any atom is 0.269 e. The quantitative estimate of drug-likeness (QED) is 0.202. The van der Waals surface area contributed by atoms with E-state index in [-0.39, 0.29) is 11.6 Å². The van der Waals surface area contributed by atoms with Gasteiger partial charge in [0.2, 0.25) is 5.91 Å². The normalized spacial score (nSPS) is 14.4. The molecular weight excluding hydrogens is 438 g/mol. The van der Waals surface area contributed by atoms with Crippen LogP contribution in [-0.4, -0.2) is 49.3 Å². The van der Waals surface area contributed by atoms with Gasteiger partial charge in [-0.15, -0.1) is 10.2 Å². The molecule has 0 bridgehead atoms. The Morgan fingerprint density at radius 1 is 1.09 bits per heavy atom. The van der Waals surface area contributed by atoms with Crippen LogP contribution in [0.2, 0.25) is 0 Å². The van der Waals surface area contributed by atoms with Crippen LogP contribution in [0.4, 0.5) is 5.69 Å². The zero-order valence-electron chi connectivity index (χ0n) is 18.6. The number of hydrogen-bond acceptors (Lipinski definition) is 6. The first kappa shape index (κ1) is 23.0. The molecule has 1 amide bonds. The first-order chi connectivity index (χ1) is 16.0. The van der Waals surface area contributed by atoms with Gasteiger partial charge < -0.3 is 4.90 Å². The molecule has 0 radical (unpaired) electrons. The molecule has 2 heterocycles. The van der Waals surface area contributed by atoms with E-state index in [2.05, 4.69) is 17.1 Å². The third-order valence-corrected chi connectivity index (χ3v) is 6.90. The van der Waals surface area contributed by atoms with Gasteiger partial charge in [-0.2, -0.15) is 0 Å². The number of aromatic nitrogens is 3. The van der Waals surface area contributed by atoms with Crippen molar-refractivity contribution >= 4 is 23.4 Å². The number of benzene rings is 2. The predicted octanol–water partition coefficient (Wildman–Crippen LogP) is 4.97. The molecule has 0 unspecified atom stereocenters. The molecule has 1 aliphatic heterocycles. The maximum atomic E-state index is 12.5. The number of non-ortho nitro benzene ring substituents is 1. The molecular formula is C24H27N5O3S. The van der Waals surface area contributed by atoms with E-state index in [0.29, 0.717) is 18.2 Å². The summed E-state index contributed by atoms with van der Waals surface area (Å²) in [6.45, 7) is 3.98. The first-order valence-electron chi connectivity index (χ1n) is 11.2. The van der Waals surface area contributed by atoms with Crippen LogP contribution in [0.15, 0.2) is 59.8 Å². The second-order valence-corrected chi connectivity index (χ2v) is 9.36. The van der Waals surface area contributed by atoms with Gasteiger partial charge in [0.1, 0.15) is 0 Å². The fourth-order valence-electron chi connectivity index (χ4n) is 3.90. The number of nitro groups is 1. The molecule has 1 fully saturated rings. The van der Waals surface area contributed by atoms with Crippen LogP contribution < -0.4 is 0 Å². The summed E-state index contributed by atoms with van der Waals surface area (Å²) in [4.78, 5) is 25.1. The molecule has 4 rings (SSSR count). The highest BCUT2D eigenvalue weighted by Gasteiger charge is 2.20. The van der Waals surface area contributed by atoms with Crippen molar-refractivity contribution in [2.75, 3.05) is 18.8 Å². The summed E-state index contributed by atoms with van der Waals surface area (Å²) in [6, 6.07) is 16.1. The minimum absolute atomic E-state index is 0.0342. The zero-order chi connectivity index (χ0) is 23.2. The molecule has 1 saturated heterocycles. The van der Waals surface area contributed by atoms with Crippen LogP contribution in [0.5, 0.6) is 0 Å². The highest BCUT2D eigenvalue weighted by atomic mass is 32.2. The maximum absolute atomic E-state index is 12.5. The van der Waals surface area contributed by atoms with Crippen LogP contribution in [0.1, 0.15) is 32.6 Å². The Labute approximate surface area is 197 Å². The van der Waals surface area contributed by atoms with Gasteiger partial charge in [-0.25, -0.2) is 0 Å². The Kier molecular flexibility index (Phi) is 7.39. The highest BCUT2D eigenvalue weighted by molar-refractivity contribution is 7.99. The molecule has 0 saturated carbocycles. The minimum atomic E-state index is -0.418. The summed E-state index contributed by atoms with van der Waals surface area (Å²) in [5.41, 5.74) is 1.70. The SMILES string of the molecule is CC1CCN(C(=O)CCCSc2nnc(-c3ccc([N+](=O)[O-])cc3)n2-c2ccccc2)CC1. The van der Waals surface area contributed by atoms with Gasteiger partial charge in [-0.05, 0) is 49.4 Å². The number of likely N-dealkylation sites (tertiary alicyclic amines) is 1. The largest absolute Gasteiger partial charge is 0.343 e. The van der Waals surface area contributed by atoms with Crippen molar-refractivity contribution in [3.63, 3.8) is 0 Å². The molecule has 0 spiro atoms. The Morgan fingerprint density at radius 2 is 1.79 bits per heavy atom. The summed E-state index contributed by atoms with van der Waals surface area (Å²) in [6.07, 6.45) is 3.48. The van der Waals surface area contributed by atoms with E-state index in [9.17, 15) is 14.9 Å². The lowest BCUT2D eigenvalue weighted by Gasteiger charge is -2.30. The molecule has 1 aromatic heterocycles. The highest BCUT2D eigenvalue weighted by Crippen LogP contribution is 2.29. The van der Waals surface area contributed by atoms with E-state index in [1.165, 1.54) is 12.1 Å². The standard InChI is InChI=1S/C24H27N5O3S/c1-18-13-15-27(16-14-18)22(30)8-5-17-33-24-26-25-23(28(24)20-6-3-2-4-7-20)19-9-11-21(12-10-19)29(31)32/h2-4,6-7,9-12,18H,5,8,13-17H2,1H3. The monoisotopic (exact) mass is 465 g/mol. The molecule has 3 aromatic rings. The summed E-state index contributed by atoms with van der Waals surface area (Å²) >= 11 is 1.56. The lowest BCUT2D eigenvalue weighted by molar-refractivity contribution is -0.384. The van der Waals surface area contributed by atoms with Gasteiger partial charge in [0.05, 0.1) is 4.92 Å². The molecule has 172 valence electrons. The predicted molar refractivity (Wildman–Crippen MR) is 128 cm³/mol. The average Bonchev–Trinajstić information content (AvgIpc) is 3.26. The van der Waals surface area contributed by atoms with E-state index in [0.717, 1.165) is 54.5 Å². The molecule has 1 aliphatic rings. The Morgan fingerprint density at radius 3 is 2.45 bits per heavy atom. The molecule has 9 heteroatoms. The number of thioether (sulfide) groups is 1. The second-order valence-electron chi connectivity index (χ2n) is 8.30. The van der Waals surface area contributed by atoms with Crippen molar-refractivity contribution in [1.82, 2.24) is 19.7 Å². The van der Waals surface area contributed by atoms with Crippen LogP contribution in [0.25, 0.3) is 17.1 Å². The number of para-hydroxylation sites is 1. The van der Waals surface area contributed by atoms with Crippen LogP contribution >= 0.6 is 11.8 Å². The van der Waals surface area contributed by atoms with Gasteiger partial charge >= 0.3 is 0 Å². The number of piperidine rings is 1. The first-order valence-corrected chi connectivity index (χ1v) is 12.2. The fraction of sp³-hybridized carbons (Fsp3) is 0.375. The summed E-state index contributed by atoms with van der Waals surface area (Å²) < 4.78 is 1.96. The van der Waals surface area contributed by atoms with Crippen molar-refractivity contribution in [1.29, 1.82) is 0 Å². The fourth-order valence-corrected chi connectivity index (χ4v) is 4.79. The zero-order valence-corrected chi connectivity index (χ0v) is 19.4. The third-order valence-electron chi connectivity index (χ3n) is 5.89. The van der Waals surface area contributed by atoms with Gasteiger partial charge in [-0.1, -0.05) is 36.9 Å². The summed E-state index contributed by atoms with van der Waals surface area (Å²) in [7, 11) is 0. The molecule has 0 aliphatic carbocycles. The van der Waals surface area contributed by atoms with Crippen LogP contribution in [-0.2, 0) is 4.79 Å². The number of amides is 1. The Bertz CT molecular complexity index is 1090. The molecule has 0 N–H and O–H groups in total. The average molecular weight is 466 g/mol. The smallest absolute Gasteiger partial charge is 0.269 e. The Balaban J connectivity index is 1.45. The van der Waals surface area contributed by atoms with Crippen molar-refractivity contribution in [3.05, 3.63) is 64.7 Å². The van der Waals surface area contributed by atoms with Crippen molar-refractivity contribution < 1.29 is 9.72 Å². The molecule has 0 atom stereocenters. The number of rotatable bonds is 8. The summed E-state index contributed by atoms with van der Waals surface area (Å²) in [5, 5.41) is 20.5. The van der Waals surface area contributed by atoms with Crippen molar-refractivity contribution in [2.24, 2.45) is 5.92 Å². The van der Waals surface area contributed by atoms with Crippen LogP contribution in [0.3, 0.4) is 0 Å². The van der Waals surface area contributed by atoms with E-state index in [4.69, 9.17) is 0 Å². The summed E-state index contributed by atoms with van der Waals surface area (Å²) in [5.74, 6) is 2.32. The lowest BCUT2D eigenvalue weighted by atomic mass is 9.99. The number of nitro benzene ring substituents is 1. The molecule has 33 heavy (non-hydrogen) atoms. The Hall–Kier alpha value is -3.20. The number of hydrogen-bond donors (Lipinski definition) is 0. The molecule has 2 aromatic carbocycles. The van der Waals surface area contributed by atoms with E-state index in [1.807, 2.05) is 39.8 Å². The van der Waals surface area contributed by atoms with Gasteiger partial charge in [-0.3, -0.25) is 19.5 Å². The third kappa shape index (κ3) is 5.60. The van der Waals surface area contributed by atoms with Crippen molar-refractivity contribution in [2.45, 2.75) is 37.8 Å². The number of carbonyl (C=O) groups is 1. The van der Waals surface area contributed by atoms with Gasteiger partial charge in [0.25, 0.3) is 5.69 Å². The van der Waals surface area contributed by atoms with E-state index >= 15 is 0 Å². The van der Waals surface area contributed by atoms with Gasteiger partial charge in [0, 0.05) is 48.6 Å². The van der Waals surface area contributed by atoms with E-state index in [1.54, 1.807) is 23.9 Å². The number of nitrogens with zero attached hydrogens (tertiary/aromatic N) is 5. The van der Waals surface area contributed by atoms with Crippen molar-refractivity contribution in [3.8, 4) is 17.1 Å². The van der Waals surface area contributed by atoms with E-state index < -0.39 is 4.92 Å². The number of carbonyl (C=O) groups excluding carboxylic acids is 1. The second kappa shape index (κ2) is 10.6. The topological polar surface area (TPSA) is 94.2 Å². The minimum Gasteiger partial charge on any atom is -0.343 e. The molecule has 8 nitrogen and oxygen atoms in total.